The standard InChI is InChI=1S/C19H21FN2O4S/c1-2-26-17-8-6-16(7-9-17)22-13-14(10-19(22)23)12-21-27(24,25)18-5-3-4-15(20)11-18/h3-9,11,14,21H,2,10,12-13H2,1H3/t14-/m0/s1. The Morgan fingerprint density at radius 2 is 1.96 bits per heavy atom. The van der Waals surface area contributed by atoms with Crippen LogP contribution in [-0.4, -0.2) is 34.0 Å². The first kappa shape index (κ1) is 19.3. The quantitative estimate of drug-likeness (QED) is 0.786. The van der Waals surface area contributed by atoms with Crippen LogP contribution in [0.1, 0.15) is 13.3 Å². The lowest BCUT2D eigenvalue weighted by Crippen LogP contribution is -2.31. The predicted octanol–water partition coefficient (Wildman–Crippen LogP) is 2.56. The Labute approximate surface area is 158 Å². The predicted molar refractivity (Wildman–Crippen MR) is 99.7 cm³/mol. The molecular formula is C19H21FN2O4S. The third kappa shape index (κ3) is 4.64. The van der Waals surface area contributed by atoms with Crippen LogP contribution < -0.4 is 14.4 Å². The number of benzene rings is 2. The van der Waals surface area contributed by atoms with E-state index >= 15 is 0 Å². The Kier molecular flexibility index (Phi) is 5.76. The number of rotatable bonds is 7. The molecule has 1 heterocycles. The summed E-state index contributed by atoms with van der Waals surface area (Å²) in [5.74, 6) is -0.107. The number of carbonyl (C=O) groups is 1. The van der Waals surface area contributed by atoms with Crippen LogP contribution in [0.2, 0.25) is 0 Å². The van der Waals surface area contributed by atoms with Crippen molar-refractivity contribution in [3.05, 3.63) is 54.3 Å². The molecule has 1 N–H and O–H groups in total. The number of halogens is 1. The maximum absolute atomic E-state index is 13.3. The van der Waals surface area contributed by atoms with Crippen LogP contribution in [0.25, 0.3) is 0 Å². The molecule has 0 bridgehead atoms. The van der Waals surface area contributed by atoms with Crippen LogP contribution in [0.3, 0.4) is 0 Å². The number of ether oxygens (including phenoxy) is 1. The number of nitrogens with one attached hydrogen (secondary N) is 1. The van der Waals surface area contributed by atoms with Crippen LogP contribution >= 0.6 is 0 Å². The molecule has 1 amide bonds. The first-order valence-corrected chi connectivity index (χ1v) is 10.2. The third-order valence-corrected chi connectivity index (χ3v) is 5.75. The monoisotopic (exact) mass is 392 g/mol. The Balaban J connectivity index is 1.62. The molecule has 1 aliphatic heterocycles. The van der Waals surface area contributed by atoms with E-state index in [0.717, 1.165) is 17.5 Å². The topological polar surface area (TPSA) is 75.7 Å². The minimum Gasteiger partial charge on any atom is -0.494 e. The minimum atomic E-state index is -3.82. The SMILES string of the molecule is CCOc1ccc(N2C[C@H](CNS(=O)(=O)c3cccc(F)c3)CC2=O)cc1. The zero-order valence-electron chi connectivity index (χ0n) is 14.9. The van der Waals surface area contributed by atoms with Crippen LogP contribution in [0.5, 0.6) is 5.75 Å². The van der Waals surface area contributed by atoms with Gasteiger partial charge in [-0.15, -0.1) is 0 Å². The van der Waals surface area contributed by atoms with Crippen molar-refractivity contribution in [3.8, 4) is 5.75 Å². The smallest absolute Gasteiger partial charge is 0.240 e. The molecule has 2 aromatic carbocycles. The molecule has 1 atom stereocenters. The average Bonchev–Trinajstić information content (AvgIpc) is 3.02. The largest absolute Gasteiger partial charge is 0.494 e. The van der Waals surface area contributed by atoms with Gasteiger partial charge < -0.3 is 9.64 Å². The molecule has 2 aromatic rings. The lowest BCUT2D eigenvalue weighted by atomic mass is 10.1. The van der Waals surface area contributed by atoms with Crippen molar-refractivity contribution < 1.29 is 22.3 Å². The highest BCUT2D eigenvalue weighted by molar-refractivity contribution is 7.89. The van der Waals surface area contributed by atoms with Gasteiger partial charge in [-0.05, 0) is 55.3 Å². The van der Waals surface area contributed by atoms with E-state index in [2.05, 4.69) is 4.72 Å². The van der Waals surface area contributed by atoms with Crippen molar-refractivity contribution >= 4 is 21.6 Å². The fraction of sp³-hybridized carbons (Fsp3) is 0.316. The summed E-state index contributed by atoms with van der Waals surface area (Å²) in [6, 6.07) is 12.0. The summed E-state index contributed by atoms with van der Waals surface area (Å²) in [5, 5.41) is 0. The second kappa shape index (κ2) is 8.06. The summed E-state index contributed by atoms with van der Waals surface area (Å²) in [6.45, 7) is 2.99. The van der Waals surface area contributed by atoms with Gasteiger partial charge in [0.25, 0.3) is 0 Å². The van der Waals surface area contributed by atoms with Crippen molar-refractivity contribution in [3.63, 3.8) is 0 Å². The van der Waals surface area contributed by atoms with Gasteiger partial charge in [0.1, 0.15) is 11.6 Å². The molecule has 0 spiro atoms. The fourth-order valence-electron chi connectivity index (χ4n) is 3.00. The van der Waals surface area contributed by atoms with E-state index in [4.69, 9.17) is 4.74 Å². The molecule has 1 fully saturated rings. The molecule has 3 rings (SSSR count). The highest BCUT2D eigenvalue weighted by Crippen LogP contribution is 2.27. The first-order valence-electron chi connectivity index (χ1n) is 8.67. The summed E-state index contributed by atoms with van der Waals surface area (Å²) >= 11 is 0. The van der Waals surface area contributed by atoms with Crippen molar-refractivity contribution in [2.24, 2.45) is 5.92 Å². The highest BCUT2D eigenvalue weighted by Gasteiger charge is 2.31. The number of anilines is 1. The minimum absolute atomic E-state index is 0.0610. The molecule has 8 heteroatoms. The lowest BCUT2D eigenvalue weighted by molar-refractivity contribution is -0.117. The van der Waals surface area contributed by atoms with Gasteiger partial charge in [0.05, 0.1) is 11.5 Å². The molecule has 27 heavy (non-hydrogen) atoms. The molecule has 0 aromatic heterocycles. The Morgan fingerprint density at radius 3 is 2.63 bits per heavy atom. The van der Waals surface area contributed by atoms with Crippen molar-refractivity contribution in [2.75, 3.05) is 24.6 Å². The average molecular weight is 392 g/mol. The van der Waals surface area contributed by atoms with Gasteiger partial charge in [0.15, 0.2) is 0 Å². The molecule has 144 valence electrons. The van der Waals surface area contributed by atoms with E-state index in [1.807, 2.05) is 19.1 Å². The summed E-state index contributed by atoms with van der Waals surface area (Å²) in [4.78, 5) is 13.8. The zero-order valence-corrected chi connectivity index (χ0v) is 15.7. The number of amides is 1. The van der Waals surface area contributed by atoms with Gasteiger partial charge >= 0.3 is 0 Å². The van der Waals surface area contributed by atoms with E-state index in [-0.39, 0.29) is 29.7 Å². The lowest BCUT2D eigenvalue weighted by Gasteiger charge is -2.17. The maximum Gasteiger partial charge on any atom is 0.240 e. The van der Waals surface area contributed by atoms with Crippen LogP contribution in [0.15, 0.2) is 53.4 Å². The van der Waals surface area contributed by atoms with Gasteiger partial charge in [-0.1, -0.05) is 6.07 Å². The molecule has 0 aliphatic carbocycles. The van der Waals surface area contributed by atoms with Crippen molar-refractivity contribution in [1.82, 2.24) is 4.72 Å². The normalized spacial score (nSPS) is 17.3. The molecule has 1 saturated heterocycles. The fourth-order valence-corrected chi connectivity index (χ4v) is 4.15. The van der Waals surface area contributed by atoms with Crippen molar-refractivity contribution in [1.29, 1.82) is 0 Å². The Hall–Kier alpha value is -2.45. The second-order valence-corrected chi connectivity index (χ2v) is 8.08. The number of hydrogen-bond acceptors (Lipinski definition) is 4. The second-order valence-electron chi connectivity index (χ2n) is 6.31. The summed E-state index contributed by atoms with van der Waals surface area (Å²) in [6.07, 6.45) is 0.249. The van der Waals surface area contributed by atoms with E-state index in [1.54, 1.807) is 17.0 Å². The first-order chi connectivity index (χ1) is 12.9. The van der Waals surface area contributed by atoms with Gasteiger partial charge in [-0.3, -0.25) is 4.79 Å². The van der Waals surface area contributed by atoms with Crippen LogP contribution in [0, 0.1) is 11.7 Å². The summed E-state index contributed by atoms with van der Waals surface area (Å²) in [5.41, 5.74) is 0.749. The van der Waals surface area contributed by atoms with E-state index in [0.29, 0.717) is 13.2 Å². The summed E-state index contributed by atoms with van der Waals surface area (Å²) < 4.78 is 45.7. The molecule has 0 saturated carbocycles. The van der Waals surface area contributed by atoms with Crippen LogP contribution in [0.4, 0.5) is 10.1 Å². The Morgan fingerprint density at radius 1 is 1.22 bits per heavy atom. The number of carbonyl (C=O) groups excluding carboxylic acids is 1. The molecule has 0 radical (unpaired) electrons. The van der Waals surface area contributed by atoms with E-state index in [1.165, 1.54) is 18.2 Å². The molecular weight excluding hydrogens is 371 g/mol. The van der Waals surface area contributed by atoms with Gasteiger partial charge in [-0.2, -0.15) is 0 Å². The highest BCUT2D eigenvalue weighted by atomic mass is 32.2. The van der Waals surface area contributed by atoms with Gasteiger partial charge in [0.2, 0.25) is 15.9 Å². The molecule has 1 aliphatic rings. The maximum atomic E-state index is 13.3. The Bertz CT molecular complexity index is 916. The van der Waals surface area contributed by atoms with Gasteiger partial charge in [-0.25, -0.2) is 17.5 Å². The summed E-state index contributed by atoms with van der Waals surface area (Å²) in [7, 11) is -3.82. The van der Waals surface area contributed by atoms with Crippen LogP contribution in [-0.2, 0) is 14.8 Å². The van der Waals surface area contributed by atoms with Crippen molar-refractivity contribution in [2.45, 2.75) is 18.2 Å². The molecule has 0 unspecified atom stereocenters. The van der Waals surface area contributed by atoms with E-state index < -0.39 is 15.8 Å². The number of sulfonamides is 1. The zero-order chi connectivity index (χ0) is 19.4. The number of nitrogens with zero attached hydrogens (tertiary/aromatic N) is 1. The molecule has 6 nitrogen and oxygen atoms in total. The number of hydrogen-bond donors (Lipinski definition) is 1. The third-order valence-electron chi connectivity index (χ3n) is 4.33. The van der Waals surface area contributed by atoms with E-state index in [9.17, 15) is 17.6 Å². The van der Waals surface area contributed by atoms with Gasteiger partial charge in [0, 0.05) is 25.2 Å².